The van der Waals surface area contributed by atoms with Crippen LogP contribution < -0.4 is 5.32 Å². The number of rotatable bonds is 4. The van der Waals surface area contributed by atoms with Crippen molar-refractivity contribution in [3.8, 4) is 0 Å². The number of aromatic nitrogens is 1. The highest BCUT2D eigenvalue weighted by atomic mass is 16.3. The van der Waals surface area contributed by atoms with E-state index in [1.165, 1.54) is 0 Å². The third-order valence-electron chi connectivity index (χ3n) is 2.02. The highest BCUT2D eigenvalue weighted by Crippen LogP contribution is 2.16. The first kappa shape index (κ1) is 11.1. The van der Waals surface area contributed by atoms with Crippen LogP contribution in [0.2, 0.25) is 0 Å². The van der Waals surface area contributed by atoms with E-state index in [1.807, 2.05) is 13.0 Å². The molecule has 2 atom stereocenters. The van der Waals surface area contributed by atoms with Gasteiger partial charge in [-0.25, -0.2) is 0 Å². The molecule has 0 saturated heterocycles. The fourth-order valence-electron chi connectivity index (χ4n) is 1.28. The number of hydrogen-bond donors (Lipinski definition) is 3. The minimum atomic E-state index is -0.880. The van der Waals surface area contributed by atoms with Crippen molar-refractivity contribution < 1.29 is 10.2 Å². The smallest absolute Gasteiger partial charge is 0.108 e. The summed E-state index contributed by atoms with van der Waals surface area (Å²) < 4.78 is 0. The second kappa shape index (κ2) is 5.05. The van der Waals surface area contributed by atoms with Crippen molar-refractivity contribution in [1.29, 1.82) is 0 Å². The van der Waals surface area contributed by atoms with Crippen LogP contribution in [0.4, 0.5) is 0 Å². The van der Waals surface area contributed by atoms with Crippen LogP contribution in [0, 0.1) is 6.92 Å². The summed E-state index contributed by atoms with van der Waals surface area (Å²) >= 11 is 0. The van der Waals surface area contributed by atoms with Gasteiger partial charge in [-0.3, -0.25) is 4.98 Å². The lowest BCUT2D eigenvalue weighted by Crippen LogP contribution is -2.29. The first-order valence-corrected chi connectivity index (χ1v) is 4.57. The molecule has 0 fully saturated rings. The number of pyridine rings is 1. The van der Waals surface area contributed by atoms with E-state index < -0.39 is 12.2 Å². The van der Waals surface area contributed by atoms with Crippen LogP contribution in [0.5, 0.6) is 0 Å². The Hall–Kier alpha value is -0.970. The van der Waals surface area contributed by atoms with Gasteiger partial charge in [0, 0.05) is 24.5 Å². The first-order valence-electron chi connectivity index (χ1n) is 4.57. The molecule has 1 rings (SSSR count). The van der Waals surface area contributed by atoms with E-state index in [2.05, 4.69) is 10.3 Å². The van der Waals surface area contributed by atoms with Crippen LogP contribution >= 0.6 is 0 Å². The lowest BCUT2D eigenvalue weighted by Gasteiger charge is -2.17. The van der Waals surface area contributed by atoms with Gasteiger partial charge in [-0.05, 0) is 19.5 Å². The summed E-state index contributed by atoms with van der Waals surface area (Å²) in [6, 6.07) is 1.82. The van der Waals surface area contributed by atoms with E-state index in [1.54, 1.807) is 19.4 Å². The van der Waals surface area contributed by atoms with Crippen molar-refractivity contribution >= 4 is 0 Å². The molecule has 1 aromatic rings. The summed E-state index contributed by atoms with van der Waals surface area (Å²) in [6.07, 6.45) is 1.59. The van der Waals surface area contributed by atoms with Gasteiger partial charge >= 0.3 is 0 Å². The number of aliphatic hydroxyl groups excluding tert-OH is 2. The van der Waals surface area contributed by atoms with Crippen LogP contribution in [-0.2, 0) is 0 Å². The van der Waals surface area contributed by atoms with Crippen molar-refractivity contribution in [2.45, 2.75) is 19.1 Å². The van der Waals surface area contributed by atoms with Crippen molar-refractivity contribution in [1.82, 2.24) is 10.3 Å². The molecule has 14 heavy (non-hydrogen) atoms. The summed E-state index contributed by atoms with van der Waals surface area (Å²) in [5.74, 6) is 0. The third-order valence-corrected chi connectivity index (χ3v) is 2.02. The molecule has 78 valence electrons. The topological polar surface area (TPSA) is 65.4 Å². The average Bonchev–Trinajstić information content (AvgIpc) is 2.17. The van der Waals surface area contributed by atoms with Gasteiger partial charge in [0.05, 0.1) is 6.10 Å². The van der Waals surface area contributed by atoms with Gasteiger partial charge < -0.3 is 15.5 Å². The van der Waals surface area contributed by atoms with Gasteiger partial charge in [-0.15, -0.1) is 0 Å². The Bertz CT molecular complexity index is 291. The third kappa shape index (κ3) is 2.77. The normalized spacial score (nSPS) is 15.1. The quantitative estimate of drug-likeness (QED) is 0.634. The molecule has 1 heterocycles. The second-order valence-electron chi connectivity index (χ2n) is 3.37. The SMILES string of the molecule is CNCC(O)C(O)c1cncc(C)c1. The van der Waals surface area contributed by atoms with Crippen LogP contribution in [0.3, 0.4) is 0 Å². The number of likely N-dealkylation sites (N-methyl/N-ethyl adjacent to an activating group) is 1. The van der Waals surface area contributed by atoms with E-state index in [0.29, 0.717) is 12.1 Å². The summed E-state index contributed by atoms with van der Waals surface area (Å²) in [4.78, 5) is 3.96. The number of hydrogen-bond acceptors (Lipinski definition) is 4. The standard InChI is InChI=1S/C10H16N2O2/c1-7-3-8(5-12-4-7)10(14)9(13)6-11-2/h3-5,9-11,13-14H,6H2,1-2H3. The average molecular weight is 196 g/mol. The molecule has 0 bridgehead atoms. The first-order chi connectivity index (χ1) is 6.65. The molecular weight excluding hydrogens is 180 g/mol. The van der Waals surface area contributed by atoms with E-state index >= 15 is 0 Å². The van der Waals surface area contributed by atoms with Gasteiger partial charge in [0.2, 0.25) is 0 Å². The minimum Gasteiger partial charge on any atom is -0.389 e. The van der Waals surface area contributed by atoms with Gasteiger partial charge in [-0.1, -0.05) is 6.07 Å². The van der Waals surface area contributed by atoms with Gasteiger partial charge in [0.25, 0.3) is 0 Å². The predicted molar refractivity (Wildman–Crippen MR) is 53.9 cm³/mol. The zero-order chi connectivity index (χ0) is 10.6. The Morgan fingerprint density at radius 1 is 1.43 bits per heavy atom. The Morgan fingerprint density at radius 2 is 2.14 bits per heavy atom. The number of nitrogens with one attached hydrogen (secondary N) is 1. The maximum atomic E-state index is 9.71. The molecule has 4 heteroatoms. The summed E-state index contributed by atoms with van der Waals surface area (Å²) in [6.45, 7) is 2.25. The maximum Gasteiger partial charge on any atom is 0.108 e. The van der Waals surface area contributed by atoms with Crippen LogP contribution in [0.1, 0.15) is 17.2 Å². The highest BCUT2D eigenvalue weighted by molar-refractivity contribution is 5.19. The number of aliphatic hydroxyl groups is 2. The second-order valence-corrected chi connectivity index (χ2v) is 3.37. The van der Waals surface area contributed by atoms with Crippen molar-refractivity contribution in [3.05, 3.63) is 29.6 Å². The Morgan fingerprint density at radius 3 is 2.71 bits per heavy atom. The molecule has 4 nitrogen and oxygen atoms in total. The molecular formula is C10H16N2O2. The van der Waals surface area contributed by atoms with Crippen LogP contribution in [-0.4, -0.2) is 34.9 Å². The van der Waals surface area contributed by atoms with Crippen molar-refractivity contribution in [3.63, 3.8) is 0 Å². The Labute approximate surface area is 83.6 Å². The Balaban J connectivity index is 2.73. The maximum absolute atomic E-state index is 9.71. The molecule has 0 saturated carbocycles. The van der Waals surface area contributed by atoms with Crippen LogP contribution in [0.25, 0.3) is 0 Å². The molecule has 0 aliphatic carbocycles. The lowest BCUT2D eigenvalue weighted by atomic mass is 10.1. The zero-order valence-electron chi connectivity index (χ0n) is 8.44. The summed E-state index contributed by atoms with van der Waals surface area (Å²) in [7, 11) is 1.73. The van der Waals surface area contributed by atoms with E-state index in [0.717, 1.165) is 5.56 Å². The van der Waals surface area contributed by atoms with E-state index in [9.17, 15) is 10.2 Å². The predicted octanol–water partition coefficient (Wildman–Crippen LogP) is 0.00372. The molecule has 3 N–H and O–H groups in total. The number of aryl methyl sites for hydroxylation is 1. The molecule has 0 aliphatic rings. The van der Waals surface area contributed by atoms with Crippen LogP contribution in [0.15, 0.2) is 18.5 Å². The molecule has 0 aliphatic heterocycles. The zero-order valence-corrected chi connectivity index (χ0v) is 8.44. The minimum absolute atomic E-state index is 0.356. The fourth-order valence-corrected chi connectivity index (χ4v) is 1.28. The summed E-state index contributed by atoms with van der Waals surface area (Å²) in [5.41, 5.74) is 1.62. The number of nitrogens with zero attached hydrogens (tertiary/aromatic N) is 1. The summed E-state index contributed by atoms with van der Waals surface area (Å²) in [5, 5.41) is 22.0. The van der Waals surface area contributed by atoms with Gasteiger partial charge in [-0.2, -0.15) is 0 Å². The van der Waals surface area contributed by atoms with Crippen molar-refractivity contribution in [2.24, 2.45) is 0 Å². The molecule has 1 aromatic heterocycles. The molecule has 0 radical (unpaired) electrons. The molecule has 0 spiro atoms. The highest BCUT2D eigenvalue weighted by Gasteiger charge is 2.17. The van der Waals surface area contributed by atoms with E-state index in [4.69, 9.17) is 0 Å². The lowest BCUT2D eigenvalue weighted by molar-refractivity contribution is 0.0200. The molecule has 0 amide bonds. The largest absolute Gasteiger partial charge is 0.389 e. The van der Waals surface area contributed by atoms with Gasteiger partial charge in [0.15, 0.2) is 0 Å². The molecule has 2 unspecified atom stereocenters. The monoisotopic (exact) mass is 196 g/mol. The molecule has 0 aromatic carbocycles. The van der Waals surface area contributed by atoms with E-state index in [-0.39, 0.29) is 0 Å². The fraction of sp³-hybridized carbons (Fsp3) is 0.500. The van der Waals surface area contributed by atoms with Gasteiger partial charge in [0.1, 0.15) is 6.10 Å². The van der Waals surface area contributed by atoms with Crippen molar-refractivity contribution in [2.75, 3.05) is 13.6 Å². The Kier molecular flexibility index (Phi) is 4.00.